The fourth-order valence-electron chi connectivity index (χ4n) is 4.11. The van der Waals surface area contributed by atoms with Crippen LogP contribution in [-0.2, 0) is 0 Å². The first-order chi connectivity index (χ1) is 21.8. The lowest BCUT2D eigenvalue weighted by Gasteiger charge is -2.36. The number of aryl methyl sites for hydroxylation is 3. The zero-order valence-electron chi connectivity index (χ0n) is 27.7. The SMILES string of the molecule is Cc1ccc(N(C(=O)Nc2nc(C)ns2)N(C(=O)Nc2nc(C(C)C)ns2)c2ccc(C)cc2OCC(C)C)c(OCC(C)C)c1. The minimum atomic E-state index is -0.667. The molecule has 0 unspecified atom stereocenters. The van der Waals surface area contributed by atoms with Crippen molar-refractivity contribution in [3.05, 3.63) is 59.2 Å². The van der Waals surface area contributed by atoms with Gasteiger partial charge in [-0.25, -0.2) is 19.6 Å². The third kappa shape index (κ3) is 8.91. The molecule has 14 heteroatoms. The lowest BCUT2D eigenvalue weighted by atomic mass is 10.2. The Morgan fingerprint density at radius 3 is 1.57 bits per heavy atom. The second kappa shape index (κ2) is 15.3. The van der Waals surface area contributed by atoms with Crippen LogP contribution in [0.15, 0.2) is 36.4 Å². The zero-order chi connectivity index (χ0) is 33.5. The third-order valence-electron chi connectivity index (χ3n) is 6.33. The van der Waals surface area contributed by atoms with Gasteiger partial charge in [0.2, 0.25) is 10.3 Å². The van der Waals surface area contributed by atoms with Crippen LogP contribution >= 0.6 is 23.1 Å². The van der Waals surface area contributed by atoms with E-state index in [0.717, 1.165) is 34.2 Å². The number of hydrazine groups is 1. The first-order valence-electron chi connectivity index (χ1n) is 15.1. The molecule has 4 rings (SSSR count). The molecule has 2 heterocycles. The Morgan fingerprint density at radius 1 is 0.717 bits per heavy atom. The molecule has 2 N–H and O–H groups in total. The smallest absolute Gasteiger partial charge is 0.347 e. The zero-order valence-corrected chi connectivity index (χ0v) is 29.4. The van der Waals surface area contributed by atoms with Crippen LogP contribution in [0.1, 0.15) is 70.2 Å². The summed E-state index contributed by atoms with van der Waals surface area (Å²) in [5.74, 6) is 2.44. The van der Waals surface area contributed by atoms with E-state index in [1.165, 1.54) is 10.0 Å². The lowest BCUT2D eigenvalue weighted by Crippen LogP contribution is -2.54. The normalized spacial score (nSPS) is 11.2. The predicted octanol–water partition coefficient (Wildman–Crippen LogP) is 8.20. The summed E-state index contributed by atoms with van der Waals surface area (Å²) in [5, 5.41) is 8.72. The summed E-state index contributed by atoms with van der Waals surface area (Å²) in [4.78, 5) is 37.7. The molecule has 0 spiro atoms. The van der Waals surface area contributed by atoms with Crippen LogP contribution in [0.2, 0.25) is 0 Å². The Balaban J connectivity index is 1.93. The number of rotatable bonds is 11. The maximum absolute atomic E-state index is 14.5. The van der Waals surface area contributed by atoms with Gasteiger partial charge in [-0.05, 0) is 68.0 Å². The Bertz CT molecular complexity index is 1650. The van der Waals surface area contributed by atoms with E-state index in [9.17, 15) is 9.59 Å². The maximum atomic E-state index is 14.5. The van der Waals surface area contributed by atoms with Crippen molar-refractivity contribution in [2.75, 3.05) is 33.9 Å². The molecule has 4 amide bonds. The van der Waals surface area contributed by atoms with Crippen molar-refractivity contribution in [1.82, 2.24) is 18.7 Å². The molecule has 0 atom stereocenters. The van der Waals surface area contributed by atoms with E-state index in [-0.39, 0.29) is 28.0 Å². The summed E-state index contributed by atoms with van der Waals surface area (Å²) in [6, 6.07) is 9.57. The van der Waals surface area contributed by atoms with Crippen molar-refractivity contribution >= 4 is 56.8 Å². The molecule has 0 saturated heterocycles. The van der Waals surface area contributed by atoms with Gasteiger partial charge in [-0.2, -0.15) is 18.8 Å². The summed E-state index contributed by atoms with van der Waals surface area (Å²) in [6.45, 7) is 18.5. The second-order valence-corrected chi connectivity index (χ2v) is 13.6. The molecule has 0 aliphatic heterocycles. The van der Waals surface area contributed by atoms with Crippen molar-refractivity contribution in [3.63, 3.8) is 0 Å². The monoisotopic (exact) mass is 666 g/mol. The van der Waals surface area contributed by atoms with Crippen molar-refractivity contribution in [2.24, 2.45) is 11.8 Å². The van der Waals surface area contributed by atoms with Gasteiger partial charge in [-0.3, -0.25) is 10.6 Å². The quantitative estimate of drug-likeness (QED) is 0.153. The van der Waals surface area contributed by atoms with E-state index in [2.05, 4.69) is 29.3 Å². The van der Waals surface area contributed by atoms with Gasteiger partial charge in [0, 0.05) is 29.0 Å². The second-order valence-electron chi connectivity index (χ2n) is 12.1. The minimum Gasteiger partial charge on any atom is -0.491 e. The molecule has 0 bridgehead atoms. The van der Waals surface area contributed by atoms with E-state index in [1.54, 1.807) is 19.1 Å². The fraction of sp³-hybridized carbons (Fsp3) is 0.438. The van der Waals surface area contributed by atoms with Crippen LogP contribution in [0.25, 0.3) is 0 Å². The molecule has 246 valence electrons. The van der Waals surface area contributed by atoms with E-state index in [4.69, 9.17) is 9.47 Å². The molecule has 0 fully saturated rings. The van der Waals surface area contributed by atoms with Crippen LogP contribution in [-0.4, -0.2) is 44.0 Å². The molecular formula is C32H42N8O4S2. The van der Waals surface area contributed by atoms with E-state index >= 15 is 0 Å². The fourth-order valence-corrected chi connectivity index (χ4v) is 5.37. The molecule has 0 aliphatic rings. The van der Waals surface area contributed by atoms with Crippen LogP contribution in [0.4, 0.5) is 31.2 Å². The standard InChI is InChI=1S/C32H42N8O4S2/c1-18(2)16-43-26-14-21(7)10-12-24(26)39(31(41)35-29-33-23(9)37-45-29)40(32(42)36-30-34-28(20(5)6)38-46-30)25-13-11-22(8)15-27(25)44-17-19(3)4/h10-15,18-20H,16-17H2,1-9H3,(H,33,35,37,41)(H,34,36,38,42). The molecular weight excluding hydrogens is 625 g/mol. The first kappa shape index (κ1) is 34.6. The maximum Gasteiger partial charge on any atom is 0.347 e. The molecule has 46 heavy (non-hydrogen) atoms. The van der Waals surface area contributed by atoms with Crippen LogP contribution < -0.4 is 30.1 Å². The number of benzene rings is 2. The van der Waals surface area contributed by atoms with Crippen molar-refractivity contribution in [2.45, 2.75) is 68.2 Å². The molecule has 0 saturated carbocycles. The summed E-state index contributed by atoms with van der Waals surface area (Å²) in [7, 11) is 0. The molecule has 4 aromatic rings. The Hall–Kier alpha value is -4.30. The molecule has 2 aromatic heterocycles. The Kier molecular flexibility index (Phi) is 11.5. The average molecular weight is 667 g/mol. The van der Waals surface area contributed by atoms with Crippen LogP contribution in [0.3, 0.4) is 0 Å². The predicted molar refractivity (Wildman–Crippen MR) is 185 cm³/mol. The topological polar surface area (TPSA) is 135 Å². The van der Waals surface area contributed by atoms with Gasteiger partial charge in [-0.15, -0.1) is 0 Å². The van der Waals surface area contributed by atoms with Crippen LogP contribution in [0.5, 0.6) is 11.5 Å². The van der Waals surface area contributed by atoms with Gasteiger partial charge in [0.1, 0.15) is 34.5 Å². The third-order valence-corrected chi connectivity index (χ3v) is 7.70. The summed E-state index contributed by atoms with van der Waals surface area (Å²) >= 11 is 2.11. The number of amides is 4. The molecule has 0 radical (unpaired) electrons. The van der Waals surface area contributed by atoms with Gasteiger partial charge >= 0.3 is 12.1 Å². The number of aromatic nitrogens is 4. The highest BCUT2D eigenvalue weighted by atomic mass is 32.1. The number of nitrogens with zero attached hydrogens (tertiary/aromatic N) is 6. The van der Waals surface area contributed by atoms with E-state index in [0.29, 0.717) is 47.7 Å². The highest BCUT2D eigenvalue weighted by Crippen LogP contribution is 2.38. The van der Waals surface area contributed by atoms with Gasteiger partial charge in [0.05, 0.1) is 13.2 Å². The molecule has 12 nitrogen and oxygen atoms in total. The minimum absolute atomic E-state index is 0.0667. The van der Waals surface area contributed by atoms with Crippen LogP contribution in [0, 0.1) is 32.6 Å². The number of hydrogen-bond donors (Lipinski definition) is 2. The highest BCUT2D eigenvalue weighted by molar-refractivity contribution is 7.10. The first-order valence-corrected chi connectivity index (χ1v) is 16.7. The summed E-state index contributed by atoms with van der Waals surface area (Å²) < 4.78 is 21.1. The van der Waals surface area contributed by atoms with E-state index in [1.807, 2.05) is 79.7 Å². The van der Waals surface area contributed by atoms with E-state index < -0.39 is 12.1 Å². The number of carbonyl (C=O) groups excluding carboxylic acids is 2. The van der Waals surface area contributed by atoms with Gasteiger partial charge in [-0.1, -0.05) is 53.7 Å². The number of ether oxygens (including phenoxy) is 2. The Morgan fingerprint density at radius 2 is 1.17 bits per heavy atom. The number of urea groups is 2. The average Bonchev–Trinajstić information content (AvgIpc) is 3.63. The molecule has 2 aromatic carbocycles. The van der Waals surface area contributed by atoms with Gasteiger partial charge in [0.15, 0.2) is 0 Å². The Labute approximate surface area is 278 Å². The van der Waals surface area contributed by atoms with Gasteiger partial charge < -0.3 is 9.47 Å². The van der Waals surface area contributed by atoms with Crippen molar-refractivity contribution < 1.29 is 19.1 Å². The van der Waals surface area contributed by atoms with Gasteiger partial charge in [0.25, 0.3) is 0 Å². The summed E-state index contributed by atoms with van der Waals surface area (Å²) in [5.41, 5.74) is 2.50. The summed E-state index contributed by atoms with van der Waals surface area (Å²) in [6.07, 6.45) is 0. The highest BCUT2D eigenvalue weighted by Gasteiger charge is 2.35. The van der Waals surface area contributed by atoms with Crippen molar-refractivity contribution in [3.8, 4) is 11.5 Å². The largest absolute Gasteiger partial charge is 0.491 e. The molecule has 0 aliphatic carbocycles. The lowest BCUT2D eigenvalue weighted by molar-refractivity contribution is 0.246. The number of carbonyl (C=O) groups is 2. The van der Waals surface area contributed by atoms with Crippen molar-refractivity contribution in [1.29, 1.82) is 0 Å². The number of nitrogens with one attached hydrogen (secondary N) is 2. The number of anilines is 4. The number of hydrogen-bond acceptors (Lipinski definition) is 10.